The normalized spacial score (nSPS) is 15.8. The predicted molar refractivity (Wildman–Crippen MR) is 96.1 cm³/mol. The lowest BCUT2D eigenvalue weighted by Gasteiger charge is -2.13. The standard InChI is InChI=1S/C17H21F2N5OS/c1-10-13(15(25)22-11-4-7-21-12(8-11)26-20)24(9-16(2)5-6-16)23-14(10)17(3,18)19/h4,7-8H,5-6,9,20H2,1-3H3,(H,21,22,25). The van der Waals surface area contributed by atoms with Gasteiger partial charge in [-0.25, -0.2) is 4.98 Å². The van der Waals surface area contributed by atoms with Crippen molar-refractivity contribution in [3.8, 4) is 0 Å². The smallest absolute Gasteiger partial charge is 0.289 e. The van der Waals surface area contributed by atoms with Crippen molar-refractivity contribution in [2.24, 2.45) is 10.6 Å². The fraction of sp³-hybridized carbons (Fsp3) is 0.471. The number of hydrogen-bond acceptors (Lipinski definition) is 5. The first kappa shape index (κ1) is 18.8. The van der Waals surface area contributed by atoms with Gasteiger partial charge >= 0.3 is 0 Å². The highest BCUT2D eigenvalue weighted by molar-refractivity contribution is 7.97. The third-order valence-corrected chi connectivity index (χ3v) is 5.03. The zero-order valence-electron chi connectivity index (χ0n) is 14.8. The molecule has 1 aliphatic rings. The van der Waals surface area contributed by atoms with Crippen molar-refractivity contribution in [1.29, 1.82) is 0 Å². The SMILES string of the molecule is Cc1c(C(C)(F)F)nn(CC2(C)CC2)c1C(=O)Nc1ccnc(SN)c1. The van der Waals surface area contributed by atoms with Crippen LogP contribution in [0.25, 0.3) is 0 Å². The number of nitrogens with zero attached hydrogens (tertiary/aromatic N) is 3. The molecule has 1 saturated carbocycles. The molecule has 3 rings (SSSR count). The van der Waals surface area contributed by atoms with Gasteiger partial charge in [0.1, 0.15) is 16.4 Å². The van der Waals surface area contributed by atoms with E-state index in [-0.39, 0.29) is 22.4 Å². The molecule has 2 heterocycles. The van der Waals surface area contributed by atoms with E-state index in [0.717, 1.165) is 31.7 Å². The van der Waals surface area contributed by atoms with Crippen molar-refractivity contribution in [1.82, 2.24) is 14.8 Å². The molecule has 1 fully saturated rings. The molecular formula is C17H21F2N5OS. The summed E-state index contributed by atoms with van der Waals surface area (Å²) in [4.78, 5) is 16.9. The van der Waals surface area contributed by atoms with E-state index in [4.69, 9.17) is 5.14 Å². The van der Waals surface area contributed by atoms with Crippen molar-refractivity contribution in [3.63, 3.8) is 0 Å². The van der Waals surface area contributed by atoms with Crippen LogP contribution in [0.2, 0.25) is 0 Å². The molecule has 140 valence electrons. The number of halogens is 2. The van der Waals surface area contributed by atoms with Crippen LogP contribution in [0, 0.1) is 12.3 Å². The van der Waals surface area contributed by atoms with Crippen LogP contribution < -0.4 is 10.5 Å². The fourth-order valence-corrected chi connectivity index (χ4v) is 3.16. The van der Waals surface area contributed by atoms with Gasteiger partial charge in [0.25, 0.3) is 11.8 Å². The highest BCUT2D eigenvalue weighted by Crippen LogP contribution is 2.47. The second kappa shape index (κ2) is 6.62. The minimum absolute atomic E-state index is 0.00775. The lowest BCUT2D eigenvalue weighted by molar-refractivity contribution is 0.0113. The van der Waals surface area contributed by atoms with E-state index < -0.39 is 11.8 Å². The summed E-state index contributed by atoms with van der Waals surface area (Å²) in [6.45, 7) is 4.80. The first-order valence-corrected chi connectivity index (χ1v) is 9.11. The summed E-state index contributed by atoms with van der Waals surface area (Å²) in [5.41, 5.74) is 0.496. The van der Waals surface area contributed by atoms with Gasteiger partial charge in [-0.2, -0.15) is 13.9 Å². The van der Waals surface area contributed by atoms with E-state index in [0.29, 0.717) is 17.3 Å². The summed E-state index contributed by atoms with van der Waals surface area (Å²) in [6.07, 6.45) is 3.50. The maximum atomic E-state index is 13.9. The Hall–Kier alpha value is -2.00. The summed E-state index contributed by atoms with van der Waals surface area (Å²) >= 11 is 0.957. The van der Waals surface area contributed by atoms with E-state index in [9.17, 15) is 13.6 Å². The molecule has 0 spiro atoms. The van der Waals surface area contributed by atoms with Gasteiger partial charge in [-0.15, -0.1) is 0 Å². The average Bonchev–Trinajstić information content (AvgIpc) is 3.18. The molecule has 3 N–H and O–H groups in total. The Morgan fingerprint density at radius 3 is 2.77 bits per heavy atom. The van der Waals surface area contributed by atoms with Crippen LogP contribution >= 0.6 is 11.9 Å². The van der Waals surface area contributed by atoms with Crippen molar-refractivity contribution < 1.29 is 13.6 Å². The number of hydrogen-bond donors (Lipinski definition) is 2. The second-order valence-corrected chi connectivity index (χ2v) is 7.79. The Bertz CT molecular complexity index is 842. The molecule has 6 nitrogen and oxygen atoms in total. The topological polar surface area (TPSA) is 85.8 Å². The summed E-state index contributed by atoms with van der Waals surface area (Å²) in [6, 6.07) is 3.24. The van der Waals surface area contributed by atoms with Gasteiger partial charge in [-0.3, -0.25) is 14.6 Å². The number of nitrogens with two attached hydrogens (primary N) is 1. The van der Waals surface area contributed by atoms with Crippen LogP contribution in [0.4, 0.5) is 14.5 Å². The molecule has 0 radical (unpaired) electrons. The maximum absolute atomic E-state index is 13.9. The van der Waals surface area contributed by atoms with Gasteiger partial charge in [0, 0.05) is 30.9 Å². The molecular weight excluding hydrogens is 360 g/mol. The van der Waals surface area contributed by atoms with E-state index in [1.165, 1.54) is 17.8 Å². The largest absolute Gasteiger partial charge is 0.321 e. The molecule has 0 bridgehead atoms. The average molecular weight is 381 g/mol. The van der Waals surface area contributed by atoms with E-state index >= 15 is 0 Å². The number of nitrogens with one attached hydrogen (secondary N) is 1. The van der Waals surface area contributed by atoms with Gasteiger partial charge in [0.05, 0.1) is 0 Å². The Kier molecular flexibility index (Phi) is 4.78. The number of alkyl halides is 2. The Morgan fingerprint density at radius 2 is 2.19 bits per heavy atom. The molecule has 9 heteroatoms. The van der Waals surface area contributed by atoms with Crippen LogP contribution in [-0.4, -0.2) is 20.7 Å². The molecule has 2 aromatic heterocycles. The van der Waals surface area contributed by atoms with E-state index in [1.807, 2.05) is 0 Å². The molecule has 0 atom stereocenters. The number of amides is 1. The lowest BCUT2D eigenvalue weighted by atomic mass is 10.1. The summed E-state index contributed by atoms with van der Waals surface area (Å²) in [5, 5.41) is 12.8. The summed E-state index contributed by atoms with van der Waals surface area (Å²) < 4.78 is 29.2. The quantitative estimate of drug-likeness (QED) is 0.745. The number of rotatable bonds is 6. The van der Waals surface area contributed by atoms with Crippen molar-refractivity contribution >= 4 is 23.5 Å². The predicted octanol–water partition coefficient (Wildman–Crippen LogP) is 3.72. The molecule has 1 amide bonds. The first-order valence-electron chi connectivity index (χ1n) is 8.23. The molecule has 0 unspecified atom stereocenters. The molecule has 2 aromatic rings. The zero-order chi connectivity index (χ0) is 19.1. The number of carbonyl (C=O) groups excluding carboxylic acids is 1. The van der Waals surface area contributed by atoms with Gasteiger partial charge in [-0.05, 0) is 49.3 Å². The summed E-state index contributed by atoms with van der Waals surface area (Å²) in [7, 11) is 0. The minimum Gasteiger partial charge on any atom is -0.321 e. The highest BCUT2D eigenvalue weighted by Gasteiger charge is 2.41. The molecule has 0 aliphatic heterocycles. The number of carbonyl (C=O) groups is 1. The van der Waals surface area contributed by atoms with Crippen LogP contribution in [0.15, 0.2) is 23.4 Å². The highest BCUT2D eigenvalue weighted by atomic mass is 32.2. The minimum atomic E-state index is -3.12. The van der Waals surface area contributed by atoms with Gasteiger partial charge in [0.2, 0.25) is 0 Å². The van der Waals surface area contributed by atoms with Gasteiger partial charge in [-0.1, -0.05) is 6.92 Å². The third-order valence-electron chi connectivity index (χ3n) is 4.57. The Morgan fingerprint density at radius 1 is 1.50 bits per heavy atom. The van der Waals surface area contributed by atoms with Crippen LogP contribution in [0.3, 0.4) is 0 Å². The van der Waals surface area contributed by atoms with Crippen LogP contribution in [-0.2, 0) is 12.5 Å². The van der Waals surface area contributed by atoms with Gasteiger partial charge in [0.15, 0.2) is 0 Å². The Balaban J connectivity index is 1.95. The van der Waals surface area contributed by atoms with Crippen LogP contribution in [0.1, 0.15) is 48.4 Å². The number of pyridine rings is 1. The monoisotopic (exact) mass is 381 g/mol. The van der Waals surface area contributed by atoms with Crippen molar-refractivity contribution in [3.05, 3.63) is 35.3 Å². The molecule has 26 heavy (non-hydrogen) atoms. The Labute approximate surface area is 154 Å². The number of aromatic nitrogens is 3. The first-order chi connectivity index (χ1) is 12.1. The maximum Gasteiger partial charge on any atom is 0.289 e. The van der Waals surface area contributed by atoms with Crippen molar-refractivity contribution in [2.75, 3.05) is 5.32 Å². The van der Waals surface area contributed by atoms with Crippen LogP contribution in [0.5, 0.6) is 0 Å². The third kappa shape index (κ3) is 3.88. The number of anilines is 1. The second-order valence-electron chi connectivity index (χ2n) is 7.13. The molecule has 0 aromatic carbocycles. The van der Waals surface area contributed by atoms with Gasteiger partial charge < -0.3 is 5.32 Å². The molecule has 0 saturated heterocycles. The molecule has 1 aliphatic carbocycles. The zero-order valence-corrected chi connectivity index (χ0v) is 15.7. The van der Waals surface area contributed by atoms with E-state index in [1.54, 1.807) is 12.1 Å². The lowest BCUT2D eigenvalue weighted by Crippen LogP contribution is -2.21. The van der Waals surface area contributed by atoms with Crippen molar-refractivity contribution in [2.45, 2.75) is 51.1 Å². The summed E-state index contributed by atoms with van der Waals surface area (Å²) in [5.74, 6) is -3.59. The fourth-order valence-electron chi connectivity index (χ4n) is 2.85. The van der Waals surface area contributed by atoms with E-state index in [2.05, 4.69) is 22.3 Å².